The maximum atomic E-state index is 12.8. The summed E-state index contributed by atoms with van der Waals surface area (Å²) < 4.78 is 45.8. The van der Waals surface area contributed by atoms with Crippen molar-refractivity contribution in [1.82, 2.24) is 19.5 Å². The Labute approximate surface area is 136 Å². The normalized spacial score (nSPS) is 11.9. The molecule has 24 heavy (non-hydrogen) atoms. The molecule has 0 amide bonds. The second-order valence-electron chi connectivity index (χ2n) is 5.28. The van der Waals surface area contributed by atoms with E-state index in [4.69, 9.17) is 4.74 Å². The Kier molecular flexibility index (Phi) is 4.13. The Balaban J connectivity index is 2.12. The molecule has 3 rings (SSSR count). The molecule has 0 N–H and O–H groups in total. The van der Waals surface area contributed by atoms with Crippen LogP contribution < -0.4 is 4.74 Å². The van der Waals surface area contributed by atoms with Crippen LogP contribution >= 0.6 is 0 Å². The number of fused-ring (bicyclic) bond motifs is 1. The van der Waals surface area contributed by atoms with E-state index in [1.165, 1.54) is 0 Å². The number of rotatable bonds is 4. The van der Waals surface area contributed by atoms with E-state index in [0.29, 0.717) is 29.4 Å². The number of hydrogen-bond acceptors (Lipinski definition) is 4. The smallest absolute Gasteiger partial charge is 0.417 e. The Bertz CT molecular complexity index is 873. The van der Waals surface area contributed by atoms with Gasteiger partial charge in [0.1, 0.15) is 17.1 Å². The molecule has 0 aliphatic heterocycles. The zero-order chi connectivity index (χ0) is 17.3. The van der Waals surface area contributed by atoms with Crippen LogP contribution in [0.15, 0.2) is 30.7 Å². The monoisotopic (exact) mass is 336 g/mol. The number of nitrogens with zero attached hydrogens (tertiary/aromatic N) is 4. The summed E-state index contributed by atoms with van der Waals surface area (Å²) in [6, 6.07) is 2.72. The van der Waals surface area contributed by atoms with Crippen LogP contribution in [-0.2, 0) is 13.2 Å². The van der Waals surface area contributed by atoms with Gasteiger partial charge in [0.05, 0.1) is 23.9 Å². The maximum Gasteiger partial charge on any atom is 0.417 e. The quantitative estimate of drug-likeness (QED) is 0.726. The SMILES string of the molecule is CCCOc1cnccc1-c1nc2cc(C(F)(F)F)cnc2n1C. The van der Waals surface area contributed by atoms with Crippen molar-refractivity contribution in [2.24, 2.45) is 7.05 Å². The Morgan fingerprint density at radius 3 is 2.75 bits per heavy atom. The van der Waals surface area contributed by atoms with Gasteiger partial charge < -0.3 is 9.30 Å². The molecular formula is C16H15F3N4O. The molecule has 0 aromatic carbocycles. The fraction of sp³-hybridized carbons (Fsp3) is 0.312. The molecule has 3 heterocycles. The highest BCUT2D eigenvalue weighted by Crippen LogP contribution is 2.33. The minimum absolute atomic E-state index is 0.181. The highest BCUT2D eigenvalue weighted by Gasteiger charge is 2.31. The molecule has 3 aromatic heterocycles. The van der Waals surface area contributed by atoms with E-state index < -0.39 is 11.7 Å². The van der Waals surface area contributed by atoms with Gasteiger partial charge in [-0.15, -0.1) is 0 Å². The highest BCUT2D eigenvalue weighted by molar-refractivity contribution is 5.79. The average molecular weight is 336 g/mol. The molecular weight excluding hydrogens is 321 g/mol. The number of hydrogen-bond donors (Lipinski definition) is 0. The largest absolute Gasteiger partial charge is 0.491 e. The molecule has 0 bridgehead atoms. The standard InChI is InChI=1S/C16H15F3N4O/c1-3-6-24-13-9-20-5-4-11(13)14-22-12-7-10(16(17,18)19)8-21-15(12)23(14)2/h4-5,7-9H,3,6H2,1-2H3. The summed E-state index contributed by atoms with van der Waals surface area (Å²) >= 11 is 0. The van der Waals surface area contributed by atoms with Gasteiger partial charge >= 0.3 is 6.18 Å². The van der Waals surface area contributed by atoms with Crippen molar-refractivity contribution in [3.63, 3.8) is 0 Å². The van der Waals surface area contributed by atoms with Crippen LogP contribution in [0, 0.1) is 0 Å². The van der Waals surface area contributed by atoms with Crippen molar-refractivity contribution in [1.29, 1.82) is 0 Å². The van der Waals surface area contributed by atoms with E-state index in [1.807, 2.05) is 6.92 Å². The molecule has 8 heteroatoms. The molecule has 126 valence electrons. The van der Waals surface area contributed by atoms with Gasteiger partial charge in [-0.2, -0.15) is 13.2 Å². The molecule has 0 unspecified atom stereocenters. The van der Waals surface area contributed by atoms with Crippen LogP contribution in [0.1, 0.15) is 18.9 Å². The van der Waals surface area contributed by atoms with Gasteiger partial charge in [-0.05, 0) is 18.6 Å². The Hall–Kier alpha value is -2.64. The molecule has 0 aliphatic carbocycles. The molecule has 0 aliphatic rings. The average Bonchev–Trinajstić information content (AvgIpc) is 2.89. The van der Waals surface area contributed by atoms with Crippen LogP contribution in [0.3, 0.4) is 0 Å². The first-order chi connectivity index (χ1) is 11.4. The van der Waals surface area contributed by atoms with Crippen LogP contribution in [0.5, 0.6) is 5.75 Å². The third-order valence-electron chi connectivity index (χ3n) is 3.52. The van der Waals surface area contributed by atoms with E-state index in [9.17, 15) is 13.2 Å². The van der Waals surface area contributed by atoms with Gasteiger partial charge in [-0.3, -0.25) is 4.98 Å². The lowest BCUT2D eigenvalue weighted by Gasteiger charge is -2.09. The van der Waals surface area contributed by atoms with Gasteiger partial charge in [-0.25, -0.2) is 9.97 Å². The molecule has 0 fully saturated rings. The van der Waals surface area contributed by atoms with Crippen LogP contribution in [0.25, 0.3) is 22.6 Å². The predicted octanol–water partition coefficient (Wildman–Crippen LogP) is 3.84. The third kappa shape index (κ3) is 2.91. The van der Waals surface area contributed by atoms with Gasteiger partial charge in [0.25, 0.3) is 0 Å². The predicted molar refractivity (Wildman–Crippen MR) is 82.5 cm³/mol. The third-order valence-corrected chi connectivity index (χ3v) is 3.52. The maximum absolute atomic E-state index is 12.8. The zero-order valence-corrected chi connectivity index (χ0v) is 13.1. The van der Waals surface area contributed by atoms with Gasteiger partial charge in [0.15, 0.2) is 5.65 Å². The molecule has 0 spiro atoms. The summed E-state index contributed by atoms with van der Waals surface area (Å²) in [4.78, 5) is 12.3. The van der Waals surface area contributed by atoms with E-state index in [-0.39, 0.29) is 5.52 Å². The van der Waals surface area contributed by atoms with Crippen molar-refractivity contribution >= 4 is 11.2 Å². The minimum Gasteiger partial charge on any atom is -0.491 e. The number of halogens is 3. The number of imidazole rings is 1. The summed E-state index contributed by atoms with van der Waals surface area (Å²) in [5.74, 6) is 1.01. The Morgan fingerprint density at radius 1 is 1.25 bits per heavy atom. The first-order valence-corrected chi connectivity index (χ1v) is 7.38. The lowest BCUT2D eigenvalue weighted by atomic mass is 10.2. The van der Waals surface area contributed by atoms with Crippen molar-refractivity contribution in [2.45, 2.75) is 19.5 Å². The number of pyridine rings is 2. The van der Waals surface area contributed by atoms with Gasteiger partial charge in [0.2, 0.25) is 0 Å². The highest BCUT2D eigenvalue weighted by atomic mass is 19.4. The van der Waals surface area contributed by atoms with E-state index in [2.05, 4.69) is 15.0 Å². The van der Waals surface area contributed by atoms with Crippen molar-refractivity contribution in [3.8, 4) is 17.1 Å². The topological polar surface area (TPSA) is 52.8 Å². The fourth-order valence-electron chi connectivity index (χ4n) is 2.36. The lowest BCUT2D eigenvalue weighted by molar-refractivity contribution is -0.137. The number of aryl methyl sites for hydroxylation is 1. The number of aromatic nitrogens is 4. The summed E-state index contributed by atoms with van der Waals surface area (Å²) in [6.07, 6.45) is 0.341. The molecule has 3 aromatic rings. The zero-order valence-electron chi connectivity index (χ0n) is 13.1. The fourth-order valence-corrected chi connectivity index (χ4v) is 2.36. The van der Waals surface area contributed by atoms with E-state index in [0.717, 1.165) is 18.7 Å². The van der Waals surface area contributed by atoms with Crippen molar-refractivity contribution < 1.29 is 17.9 Å². The van der Waals surface area contributed by atoms with Crippen LogP contribution in [-0.4, -0.2) is 26.1 Å². The van der Waals surface area contributed by atoms with Gasteiger partial charge in [-0.1, -0.05) is 6.92 Å². The first kappa shape index (κ1) is 16.2. The minimum atomic E-state index is -4.45. The summed E-state index contributed by atoms with van der Waals surface area (Å²) in [6.45, 7) is 2.49. The first-order valence-electron chi connectivity index (χ1n) is 7.38. The molecule has 0 saturated carbocycles. The molecule has 0 radical (unpaired) electrons. The van der Waals surface area contributed by atoms with E-state index in [1.54, 1.807) is 30.1 Å². The number of ether oxygens (including phenoxy) is 1. The second kappa shape index (κ2) is 6.10. The summed E-state index contributed by atoms with van der Waals surface area (Å²) in [5, 5.41) is 0. The van der Waals surface area contributed by atoms with Crippen LogP contribution in [0.4, 0.5) is 13.2 Å². The molecule has 5 nitrogen and oxygen atoms in total. The Morgan fingerprint density at radius 2 is 2.04 bits per heavy atom. The molecule has 0 saturated heterocycles. The summed E-state index contributed by atoms with van der Waals surface area (Å²) in [7, 11) is 1.70. The number of alkyl halides is 3. The lowest BCUT2D eigenvalue weighted by Crippen LogP contribution is -2.05. The van der Waals surface area contributed by atoms with Crippen molar-refractivity contribution in [3.05, 3.63) is 36.3 Å². The summed E-state index contributed by atoms with van der Waals surface area (Å²) in [5.41, 5.74) is 0.390. The second-order valence-corrected chi connectivity index (χ2v) is 5.28. The van der Waals surface area contributed by atoms with E-state index >= 15 is 0 Å². The van der Waals surface area contributed by atoms with Crippen molar-refractivity contribution in [2.75, 3.05) is 6.61 Å². The van der Waals surface area contributed by atoms with Gasteiger partial charge in [0, 0.05) is 19.4 Å². The molecule has 0 atom stereocenters. The van der Waals surface area contributed by atoms with Crippen LogP contribution in [0.2, 0.25) is 0 Å².